The number of hydrogen-bond acceptors (Lipinski definition) is 4. The van der Waals surface area contributed by atoms with Crippen molar-refractivity contribution in [3.8, 4) is 11.8 Å². The summed E-state index contributed by atoms with van der Waals surface area (Å²) in [7, 11) is 0. The molecule has 0 spiro atoms. The van der Waals surface area contributed by atoms with Crippen LogP contribution in [0.25, 0.3) is 5.69 Å². The van der Waals surface area contributed by atoms with Gasteiger partial charge in [-0.05, 0) is 30.7 Å². The lowest BCUT2D eigenvalue weighted by atomic mass is 10.2. The van der Waals surface area contributed by atoms with Crippen molar-refractivity contribution >= 4 is 11.6 Å². The molecule has 5 nitrogen and oxygen atoms in total. The third-order valence-corrected chi connectivity index (χ3v) is 2.45. The van der Waals surface area contributed by atoms with Crippen molar-refractivity contribution in [1.82, 2.24) is 9.78 Å². The Morgan fingerprint density at radius 1 is 1.41 bits per heavy atom. The number of anilines is 2. The highest BCUT2D eigenvalue weighted by Gasteiger charge is 2.15. The molecule has 4 N–H and O–H groups in total. The summed E-state index contributed by atoms with van der Waals surface area (Å²) in [6, 6.07) is 6.07. The van der Waals surface area contributed by atoms with Gasteiger partial charge in [-0.3, -0.25) is 0 Å². The number of hydrogen-bond donors (Lipinski definition) is 2. The molecule has 0 bridgehead atoms. The molecule has 17 heavy (non-hydrogen) atoms. The summed E-state index contributed by atoms with van der Waals surface area (Å²) < 4.78 is 14.3. The van der Waals surface area contributed by atoms with Crippen molar-refractivity contribution in [3.63, 3.8) is 0 Å². The smallest absolute Gasteiger partial charge is 0.166 e. The second kappa shape index (κ2) is 3.79. The molecule has 0 fully saturated rings. The second-order valence-corrected chi connectivity index (χ2v) is 3.60. The number of halogens is 1. The van der Waals surface area contributed by atoms with Crippen LogP contribution in [0.15, 0.2) is 18.2 Å². The Kier molecular flexibility index (Phi) is 2.44. The van der Waals surface area contributed by atoms with Gasteiger partial charge in [-0.15, -0.1) is 5.10 Å². The van der Waals surface area contributed by atoms with E-state index in [-0.39, 0.29) is 23.0 Å². The molecule has 6 heteroatoms. The number of rotatable bonds is 1. The molecule has 0 saturated carbocycles. The van der Waals surface area contributed by atoms with Crippen LogP contribution in [0.4, 0.5) is 16.0 Å². The van der Waals surface area contributed by atoms with Crippen LogP contribution in [-0.4, -0.2) is 9.78 Å². The highest BCUT2D eigenvalue weighted by molar-refractivity contribution is 5.64. The molecule has 1 aromatic heterocycles. The van der Waals surface area contributed by atoms with E-state index < -0.39 is 0 Å². The highest BCUT2D eigenvalue weighted by atomic mass is 19.1. The van der Waals surface area contributed by atoms with Crippen molar-refractivity contribution < 1.29 is 4.39 Å². The molecule has 1 heterocycles. The van der Waals surface area contributed by atoms with Gasteiger partial charge in [0, 0.05) is 0 Å². The van der Waals surface area contributed by atoms with E-state index in [0.29, 0.717) is 11.3 Å². The summed E-state index contributed by atoms with van der Waals surface area (Å²) in [6.07, 6.45) is 0. The van der Waals surface area contributed by atoms with E-state index in [0.717, 1.165) is 0 Å². The standard InChI is InChI=1S/C11H10FN5/c1-6-4-7(12)2-3-9(6)17-11(15)8(5-13)10(14)16-17/h2-4H,15H2,1H3,(H2,14,16). The van der Waals surface area contributed by atoms with Gasteiger partial charge in [0.15, 0.2) is 5.82 Å². The van der Waals surface area contributed by atoms with E-state index in [1.54, 1.807) is 6.92 Å². The van der Waals surface area contributed by atoms with Gasteiger partial charge in [-0.25, -0.2) is 9.07 Å². The van der Waals surface area contributed by atoms with Gasteiger partial charge in [0.2, 0.25) is 0 Å². The maximum absolute atomic E-state index is 13.0. The van der Waals surface area contributed by atoms with Crippen LogP contribution >= 0.6 is 0 Å². The van der Waals surface area contributed by atoms with E-state index >= 15 is 0 Å². The lowest BCUT2D eigenvalue weighted by Crippen LogP contribution is -2.04. The van der Waals surface area contributed by atoms with E-state index in [1.807, 2.05) is 6.07 Å². The van der Waals surface area contributed by atoms with Gasteiger partial charge in [-0.2, -0.15) is 5.26 Å². The fraction of sp³-hybridized carbons (Fsp3) is 0.0909. The summed E-state index contributed by atoms with van der Waals surface area (Å²) in [4.78, 5) is 0. The Bertz CT molecular complexity index is 624. The zero-order chi connectivity index (χ0) is 12.6. The van der Waals surface area contributed by atoms with Crippen LogP contribution in [0.2, 0.25) is 0 Å². The zero-order valence-electron chi connectivity index (χ0n) is 9.11. The van der Waals surface area contributed by atoms with Crippen LogP contribution < -0.4 is 11.5 Å². The van der Waals surface area contributed by atoms with Crippen LogP contribution in [0, 0.1) is 24.1 Å². The Balaban J connectivity index is 2.66. The van der Waals surface area contributed by atoms with Gasteiger partial charge in [-0.1, -0.05) is 0 Å². The molecule has 0 aliphatic rings. The van der Waals surface area contributed by atoms with Gasteiger partial charge < -0.3 is 11.5 Å². The summed E-state index contributed by atoms with van der Waals surface area (Å²) in [5.41, 5.74) is 12.7. The quantitative estimate of drug-likeness (QED) is 0.774. The molecular weight excluding hydrogens is 221 g/mol. The predicted octanol–water partition coefficient (Wildman–Crippen LogP) is 1.36. The number of benzene rings is 1. The first-order valence-corrected chi connectivity index (χ1v) is 4.85. The first-order valence-electron chi connectivity index (χ1n) is 4.85. The predicted molar refractivity (Wildman–Crippen MR) is 61.8 cm³/mol. The summed E-state index contributed by atoms with van der Waals surface area (Å²) in [5, 5.41) is 12.8. The molecule has 0 unspecified atom stereocenters. The fourth-order valence-corrected chi connectivity index (χ4v) is 1.60. The Labute approximate surface area is 97.1 Å². The summed E-state index contributed by atoms with van der Waals surface area (Å²) >= 11 is 0. The molecule has 0 amide bonds. The normalized spacial score (nSPS) is 10.2. The van der Waals surface area contributed by atoms with E-state index in [1.165, 1.54) is 22.9 Å². The maximum Gasteiger partial charge on any atom is 0.166 e. The molecule has 0 atom stereocenters. The largest absolute Gasteiger partial charge is 0.382 e. The molecular formula is C11H10FN5. The third kappa shape index (κ3) is 1.67. The highest BCUT2D eigenvalue weighted by Crippen LogP contribution is 2.24. The zero-order valence-corrected chi connectivity index (χ0v) is 9.11. The number of nitrogens with two attached hydrogens (primary N) is 2. The lowest BCUT2D eigenvalue weighted by molar-refractivity contribution is 0.625. The van der Waals surface area contributed by atoms with E-state index in [9.17, 15) is 4.39 Å². The number of nitrogen functional groups attached to an aromatic ring is 2. The maximum atomic E-state index is 13.0. The molecule has 1 aromatic carbocycles. The average molecular weight is 231 g/mol. The Morgan fingerprint density at radius 2 is 2.12 bits per heavy atom. The average Bonchev–Trinajstić information content (AvgIpc) is 2.54. The Hall–Kier alpha value is -2.55. The third-order valence-electron chi connectivity index (χ3n) is 2.45. The SMILES string of the molecule is Cc1cc(F)ccc1-n1nc(N)c(C#N)c1N. The van der Waals surface area contributed by atoms with Crippen molar-refractivity contribution in [2.24, 2.45) is 0 Å². The fourth-order valence-electron chi connectivity index (χ4n) is 1.60. The number of nitriles is 1. The van der Waals surface area contributed by atoms with Crippen LogP contribution in [0.5, 0.6) is 0 Å². The Morgan fingerprint density at radius 3 is 2.65 bits per heavy atom. The summed E-state index contributed by atoms with van der Waals surface area (Å²) in [6.45, 7) is 1.72. The topological polar surface area (TPSA) is 93.6 Å². The molecule has 86 valence electrons. The first kappa shape index (κ1) is 11.0. The van der Waals surface area contributed by atoms with E-state index in [4.69, 9.17) is 16.7 Å². The molecule has 2 aromatic rings. The second-order valence-electron chi connectivity index (χ2n) is 3.60. The number of nitrogens with zero attached hydrogens (tertiary/aromatic N) is 3. The van der Waals surface area contributed by atoms with Crippen molar-refractivity contribution in [2.75, 3.05) is 11.5 Å². The molecule has 2 rings (SSSR count). The van der Waals surface area contributed by atoms with Crippen LogP contribution in [-0.2, 0) is 0 Å². The van der Waals surface area contributed by atoms with Crippen molar-refractivity contribution in [2.45, 2.75) is 6.92 Å². The first-order chi connectivity index (χ1) is 8.04. The number of aromatic nitrogens is 2. The monoisotopic (exact) mass is 231 g/mol. The van der Waals surface area contributed by atoms with Crippen LogP contribution in [0.3, 0.4) is 0 Å². The minimum absolute atomic E-state index is 0.0636. The van der Waals surface area contributed by atoms with Crippen molar-refractivity contribution in [1.29, 1.82) is 5.26 Å². The minimum Gasteiger partial charge on any atom is -0.382 e. The molecule has 0 radical (unpaired) electrons. The molecule has 0 aliphatic carbocycles. The van der Waals surface area contributed by atoms with E-state index in [2.05, 4.69) is 5.10 Å². The molecule has 0 aliphatic heterocycles. The van der Waals surface area contributed by atoms with Crippen molar-refractivity contribution in [3.05, 3.63) is 35.1 Å². The molecule has 0 saturated heterocycles. The summed E-state index contributed by atoms with van der Waals surface area (Å²) in [5.74, 6) is -0.126. The minimum atomic E-state index is -0.342. The van der Waals surface area contributed by atoms with Gasteiger partial charge in [0.05, 0.1) is 5.69 Å². The van der Waals surface area contributed by atoms with Gasteiger partial charge in [0.1, 0.15) is 23.3 Å². The lowest BCUT2D eigenvalue weighted by Gasteiger charge is -2.07. The number of aryl methyl sites for hydroxylation is 1. The van der Waals surface area contributed by atoms with Gasteiger partial charge >= 0.3 is 0 Å². The van der Waals surface area contributed by atoms with Gasteiger partial charge in [0.25, 0.3) is 0 Å². The van der Waals surface area contributed by atoms with Crippen LogP contribution in [0.1, 0.15) is 11.1 Å².